The number of nitrogens with zero attached hydrogens (tertiary/aromatic N) is 2. The molecule has 0 bridgehead atoms. The van der Waals surface area contributed by atoms with Gasteiger partial charge in [0.1, 0.15) is 0 Å². The van der Waals surface area contributed by atoms with Gasteiger partial charge in [-0.3, -0.25) is 4.90 Å². The van der Waals surface area contributed by atoms with Gasteiger partial charge in [-0.15, -0.1) is 0 Å². The number of halogens is 2. The molecule has 0 radical (unpaired) electrons. The van der Waals surface area contributed by atoms with E-state index in [1.165, 1.54) is 24.9 Å². The number of piperazine rings is 1. The van der Waals surface area contributed by atoms with Gasteiger partial charge in [-0.2, -0.15) is 0 Å². The average molecular weight is 328 g/mol. The van der Waals surface area contributed by atoms with Crippen LogP contribution in [0.2, 0.25) is 10.0 Å². The first kappa shape index (κ1) is 15.6. The van der Waals surface area contributed by atoms with Gasteiger partial charge in [0.05, 0.1) is 10.0 Å². The molecule has 0 amide bonds. The summed E-state index contributed by atoms with van der Waals surface area (Å²) in [4.78, 5) is 5.07. The van der Waals surface area contributed by atoms with Crippen molar-refractivity contribution in [2.45, 2.75) is 18.9 Å². The van der Waals surface area contributed by atoms with Crippen LogP contribution in [0.3, 0.4) is 0 Å². The summed E-state index contributed by atoms with van der Waals surface area (Å²) in [5.41, 5.74) is 7.19. The van der Waals surface area contributed by atoms with E-state index in [0.717, 1.165) is 32.1 Å². The fourth-order valence-corrected chi connectivity index (χ4v) is 3.45. The Bertz CT molecular complexity index is 482. The first-order valence-electron chi connectivity index (χ1n) is 7.79. The van der Waals surface area contributed by atoms with Crippen molar-refractivity contribution in [3.8, 4) is 0 Å². The third kappa shape index (κ3) is 3.91. The zero-order valence-corrected chi connectivity index (χ0v) is 13.8. The van der Waals surface area contributed by atoms with Crippen molar-refractivity contribution in [1.29, 1.82) is 0 Å². The summed E-state index contributed by atoms with van der Waals surface area (Å²) in [5, 5.41) is 1.21. The Morgan fingerprint density at radius 2 is 1.81 bits per heavy atom. The van der Waals surface area contributed by atoms with Crippen LogP contribution in [0.15, 0.2) is 18.2 Å². The van der Waals surface area contributed by atoms with Gasteiger partial charge in [0.25, 0.3) is 0 Å². The summed E-state index contributed by atoms with van der Waals surface area (Å²) in [6.07, 6.45) is 2.85. The number of hydrogen-bond acceptors (Lipinski definition) is 3. The van der Waals surface area contributed by atoms with Crippen molar-refractivity contribution >= 4 is 23.2 Å². The van der Waals surface area contributed by atoms with Gasteiger partial charge in [0, 0.05) is 45.3 Å². The molecule has 0 spiro atoms. The molecule has 1 atom stereocenters. The number of benzene rings is 1. The van der Waals surface area contributed by atoms with Gasteiger partial charge >= 0.3 is 0 Å². The molecule has 116 valence electrons. The molecule has 1 aromatic rings. The van der Waals surface area contributed by atoms with Crippen LogP contribution in [0.1, 0.15) is 24.4 Å². The highest BCUT2D eigenvalue weighted by Gasteiger charge is 2.28. The lowest BCUT2D eigenvalue weighted by Gasteiger charge is -2.39. The summed E-state index contributed by atoms with van der Waals surface area (Å²) in [5.74, 6) is 0.969. The summed E-state index contributed by atoms with van der Waals surface area (Å²) in [6, 6.07) is 6.11. The van der Waals surface area contributed by atoms with E-state index >= 15 is 0 Å². The van der Waals surface area contributed by atoms with Crippen molar-refractivity contribution in [3.63, 3.8) is 0 Å². The van der Waals surface area contributed by atoms with E-state index in [9.17, 15) is 0 Å². The largest absolute Gasteiger partial charge is 0.329 e. The van der Waals surface area contributed by atoms with Gasteiger partial charge in [-0.1, -0.05) is 29.3 Å². The SMILES string of the molecule is NCC(c1ccc(Cl)c(Cl)c1)N1CCN(CC2CC2)CC1. The predicted molar refractivity (Wildman–Crippen MR) is 89.0 cm³/mol. The van der Waals surface area contributed by atoms with Gasteiger partial charge in [-0.25, -0.2) is 0 Å². The summed E-state index contributed by atoms with van der Waals surface area (Å²) >= 11 is 12.1. The molecule has 1 aromatic carbocycles. The zero-order valence-electron chi connectivity index (χ0n) is 12.3. The van der Waals surface area contributed by atoms with E-state index in [-0.39, 0.29) is 6.04 Å². The molecular formula is C16H23Cl2N3. The van der Waals surface area contributed by atoms with Crippen molar-refractivity contribution in [3.05, 3.63) is 33.8 Å². The topological polar surface area (TPSA) is 32.5 Å². The van der Waals surface area contributed by atoms with Crippen LogP contribution < -0.4 is 5.73 Å². The van der Waals surface area contributed by atoms with Gasteiger partial charge in [-0.05, 0) is 36.5 Å². The normalized spacial score (nSPS) is 22.4. The van der Waals surface area contributed by atoms with Crippen LogP contribution >= 0.6 is 23.2 Å². The fourth-order valence-electron chi connectivity index (χ4n) is 3.14. The van der Waals surface area contributed by atoms with Crippen LogP contribution in [-0.4, -0.2) is 49.1 Å². The minimum Gasteiger partial charge on any atom is -0.329 e. The smallest absolute Gasteiger partial charge is 0.0595 e. The average Bonchev–Trinajstić information content (AvgIpc) is 3.29. The highest BCUT2D eigenvalue weighted by molar-refractivity contribution is 6.42. The van der Waals surface area contributed by atoms with Crippen molar-refractivity contribution < 1.29 is 0 Å². The van der Waals surface area contributed by atoms with Crippen molar-refractivity contribution in [2.24, 2.45) is 11.7 Å². The molecule has 1 saturated carbocycles. The summed E-state index contributed by atoms with van der Waals surface area (Å²) in [7, 11) is 0. The standard InChI is InChI=1S/C16H23Cl2N3/c17-14-4-3-13(9-15(14)18)16(10-19)21-7-5-20(6-8-21)11-12-1-2-12/h3-4,9,12,16H,1-2,5-8,10-11,19H2. The van der Waals surface area contributed by atoms with Crippen LogP contribution in [0.5, 0.6) is 0 Å². The van der Waals surface area contributed by atoms with Crippen molar-refractivity contribution in [1.82, 2.24) is 9.80 Å². The minimum atomic E-state index is 0.239. The highest BCUT2D eigenvalue weighted by Crippen LogP contribution is 2.31. The summed E-state index contributed by atoms with van der Waals surface area (Å²) in [6.45, 7) is 6.35. The molecule has 1 aliphatic heterocycles. The molecule has 2 aliphatic rings. The second kappa shape index (κ2) is 6.84. The Labute approximate surface area is 137 Å². The number of rotatable bonds is 5. The van der Waals surface area contributed by atoms with E-state index in [0.29, 0.717) is 16.6 Å². The molecule has 1 unspecified atom stereocenters. The first-order chi connectivity index (χ1) is 10.2. The van der Waals surface area contributed by atoms with Crippen molar-refractivity contribution in [2.75, 3.05) is 39.3 Å². The van der Waals surface area contributed by atoms with Crippen LogP contribution in [0.25, 0.3) is 0 Å². The number of nitrogens with two attached hydrogens (primary N) is 1. The van der Waals surface area contributed by atoms with E-state index in [2.05, 4.69) is 9.80 Å². The van der Waals surface area contributed by atoms with E-state index < -0.39 is 0 Å². The maximum Gasteiger partial charge on any atom is 0.0595 e. The third-order valence-corrected chi connectivity index (χ3v) is 5.35. The predicted octanol–water partition coefficient (Wildman–Crippen LogP) is 3.02. The molecular weight excluding hydrogens is 305 g/mol. The molecule has 3 rings (SSSR count). The highest BCUT2D eigenvalue weighted by atomic mass is 35.5. The third-order valence-electron chi connectivity index (χ3n) is 4.61. The van der Waals surface area contributed by atoms with Gasteiger partial charge < -0.3 is 10.6 Å². The Kier molecular flexibility index (Phi) is 5.07. The molecule has 1 heterocycles. The lowest BCUT2D eigenvalue weighted by atomic mass is 10.0. The first-order valence-corrected chi connectivity index (χ1v) is 8.54. The number of hydrogen-bond donors (Lipinski definition) is 1. The van der Waals surface area contributed by atoms with E-state index in [1.807, 2.05) is 18.2 Å². The Hall–Kier alpha value is -0.320. The quantitative estimate of drug-likeness (QED) is 0.902. The molecule has 1 aliphatic carbocycles. The van der Waals surface area contributed by atoms with Crippen LogP contribution in [0, 0.1) is 5.92 Å². The van der Waals surface area contributed by atoms with E-state index in [1.54, 1.807) is 0 Å². The molecule has 21 heavy (non-hydrogen) atoms. The molecule has 3 nitrogen and oxygen atoms in total. The van der Waals surface area contributed by atoms with Crippen LogP contribution in [-0.2, 0) is 0 Å². The molecule has 0 aromatic heterocycles. The monoisotopic (exact) mass is 327 g/mol. The van der Waals surface area contributed by atoms with Crippen LogP contribution in [0.4, 0.5) is 0 Å². The maximum atomic E-state index is 6.14. The Morgan fingerprint density at radius 1 is 1.10 bits per heavy atom. The molecule has 5 heteroatoms. The Balaban J connectivity index is 1.62. The van der Waals surface area contributed by atoms with Gasteiger partial charge in [0.2, 0.25) is 0 Å². The molecule has 1 saturated heterocycles. The van der Waals surface area contributed by atoms with Gasteiger partial charge in [0.15, 0.2) is 0 Å². The second-order valence-corrected chi connectivity index (χ2v) is 7.02. The zero-order chi connectivity index (χ0) is 14.8. The minimum absolute atomic E-state index is 0.239. The Morgan fingerprint density at radius 3 is 2.38 bits per heavy atom. The maximum absolute atomic E-state index is 6.14. The second-order valence-electron chi connectivity index (χ2n) is 6.20. The lowest BCUT2D eigenvalue weighted by molar-refractivity contribution is 0.0956. The fraction of sp³-hybridized carbons (Fsp3) is 0.625. The van der Waals surface area contributed by atoms with E-state index in [4.69, 9.17) is 28.9 Å². The lowest BCUT2D eigenvalue weighted by Crippen LogP contribution is -2.49. The summed E-state index contributed by atoms with van der Waals surface area (Å²) < 4.78 is 0. The molecule has 2 N–H and O–H groups in total. The molecule has 2 fully saturated rings.